The van der Waals surface area contributed by atoms with E-state index in [-0.39, 0.29) is 22.3 Å². The fourth-order valence-corrected chi connectivity index (χ4v) is 7.16. The highest BCUT2D eigenvalue weighted by Gasteiger charge is 2.37. The van der Waals surface area contributed by atoms with Gasteiger partial charge in [-0.15, -0.1) is 0 Å². The van der Waals surface area contributed by atoms with E-state index in [1.54, 1.807) is 25.3 Å². The molecule has 0 saturated heterocycles. The Morgan fingerprint density at radius 1 is 1.00 bits per heavy atom. The van der Waals surface area contributed by atoms with Crippen molar-refractivity contribution >= 4 is 34.8 Å². The molecule has 12 heteroatoms. The van der Waals surface area contributed by atoms with E-state index in [1.807, 2.05) is 24.3 Å². The van der Waals surface area contributed by atoms with Gasteiger partial charge in [0.05, 0.1) is 40.7 Å². The Bertz CT molecular complexity index is 1950. The SMILES string of the molecule is COc1nc(-c2cccc(-c3cccc(NC(=O)c4cn(C)c(=O)n(C)c4=O)c3Cl)c2Cl)cc2c1[C@@H](NC1CCCCC1)[C@@H](O)C2. The molecule has 46 heavy (non-hydrogen) atoms. The van der Waals surface area contributed by atoms with Crippen molar-refractivity contribution < 1.29 is 14.6 Å². The van der Waals surface area contributed by atoms with Gasteiger partial charge in [0, 0.05) is 55.0 Å². The molecule has 4 aromatic rings. The molecule has 2 aliphatic carbocycles. The first-order valence-corrected chi connectivity index (χ1v) is 16.0. The molecule has 0 spiro atoms. The average Bonchev–Trinajstić information content (AvgIpc) is 3.37. The van der Waals surface area contributed by atoms with Crippen molar-refractivity contribution in [1.82, 2.24) is 19.4 Å². The number of aromatic nitrogens is 3. The van der Waals surface area contributed by atoms with E-state index in [1.165, 1.54) is 39.6 Å². The van der Waals surface area contributed by atoms with Crippen LogP contribution < -0.4 is 26.6 Å². The highest BCUT2D eigenvalue weighted by molar-refractivity contribution is 6.39. The van der Waals surface area contributed by atoms with Crippen LogP contribution in [0.5, 0.6) is 5.88 Å². The summed E-state index contributed by atoms with van der Waals surface area (Å²) in [5.74, 6) is -0.255. The molecule has 1 amide bonds. The van der Waals surface area contributed by atoms with Gasteiger partial charge in [-0.1, -0.05) is 72.8 Å². The lowest BCUT2D eigenvalue weighted by Crippen LogP contribution is -2.40. The Balaban J connectivity index is 1.33. The summed E-state index contributed by atoms with van der Waals surface area (Å²) in [6, 6.07) is 12.7. The third-order valence-electron chi connectivity index (χ3n) is 8.95. The van der Waals surface area contributed by atoms with E-state index in [0.29, 0.717) is 45.7 Å². The molecule has 0 unspecified atom stereocenters. The number of aliphatic hydroxyl groups is 1. The topological polar surface area (TPSA) is 127 Å². The normalized spacial score (nSPS) is 18.0. The van der Waals surface area contributed by atoms with Crippen molar-refractivity contribution in [2.45, 2.75) is 56.7 Å². The molecule has 2 atom stereocenters. The van der Waals surface area contributed by atoms with Gasteiger partial charge in [-0.25, -0.2) is 9.78 Å². The molecule has 2 aromatic carbocycles. The van der Waals surface area contributed by atoms with Crippen LogP contribution in [-0.4, -0.2) is 44.4 Å². The molecule has 1 fully saturated rings. The van der Waals surface area contributed by atoms with Gasteiger partial charge in [-0.2, -0.15) is 0 Å². The summed E-state index contributed by atoms with van der Waals surface area (Å²) in [5, 5.41) is 18.0. The molecule has 2 heterocycles. The molecule has 10 nitrogen and oxygen atoms in total. The molecule has 2 aromatic heterocycles. The van der Waals surface area contributed by atoms with Crippen LogP contribution in [0.15, 0.2) is 58.3 Å². The summed E-state index contributed by atoms with van der Waals surface area (Å²) in [6.07, 6.45) is 6.87. The first-order chi connectivity index (χ1) is 22.1. The molecular formula is C34H35Cl2N5O5. The van der Waals surface area contributed by atoms with Crippen LogP contribution in [0, 0.1) is 0 Å². The Kier molecular flexibility index (Phi) is 9.07. The predicted octanol–water partition coefficient (Wildman–Crippen LogP) is 5.26. The number of benzene rings is 2. The number of nitrogens with zero attached hydrogens (tertiary/aromatic N) is 3. The number of hydrogen-bond donors (Lipinski definition) is 3. The number of ether oxygens (including phenoxy) is 1. The summed E-state index contributed by atoms with van der Waals surface area (Å²) in [5.41, 5.74) is 3.05. The molecule has 0 bridgehead atoms. The van der Waals surface area contributed by atoms with Gasteiger partial charge in [0.25, 0.3) is 11.5 Å². The fraction of sp³-hybridized carbons (Fsp3) is 0.353. The summed E-state index contributed by atoms with van der Waals surface area (Å²) in [7, 11) is 4.35. The van der Waals surface area contributed by atoms with Gasteiger partial charge in [-0.3, -0.25) is 14.2 Å². The number of aliphatic hydroxyl groups excluding tert-OH is 1. The van der Waals surface area contributed by atoms with E-state index in [9.17, 15) is 19.5 Å². The minimum absolute atomic E-state index is 0.205. The quantitative estimate of drug-likeness (QED) is 0.246. The zero-order chi connectivity index (χ0) is 32.7. The van der Waals surface area contributed by atoms with Gasteiger partial charge in [0.15, 0.2) is 0 Å². The number of nitrogens with one attached hydrogen (secondary N) is 2. The number of pyridine rings is 1. The molecule has 6 rings (SSSR count). The lowest BCUT2D eigenvalue weighted by molar-refractivity contribution is 0.102. The zero-order valence-corrected chi connectivity index (χ0v) is 27.3. The summed E-state index contributed by atoms with van der Waals surface area (Å²) in [4.78, 5) is 42.6. The van der Waals surface area contributed by atoms with Crippen LogP contribution >= 0.6 is 23.2 Å². The molecule has 3 N–H and O–H groups in total. The number of aryl methyl sites for hydroxylation is 1. The lowest BCUT2D eigenvalue weighted by atomic mass is 9.94. The average molecular weight is 665 g/mol. The fourth-order valence-electron chi connectivity index (χ4n) is 6.56. The van der Waals surface area contributed by atoms with E-state index >= 15 is 0 Å². The van der Waals surface area contributed by atoms with Gasteiger partial charge >= 0.3 is 5.69 Å². The maximum atomic E-state index is 13.1. The maximum absolute atomic E-state index is 13.1. The van der Waals surface area contributed by atoms with Crippen molar-refractivity contribution in [2.24, 2.45) is 14.1 Å². The van der Waals surface area contributed by atoms with Gasteiger partial charge in [-0.05, 0) is 30.5 Å². The smallest absolute Gasteiger partial charge is 0.330 e. The third kappa shape index (κ3) is 5.86. The molecule has 0 radical (unpaired) electrons. The molecule has 1 saturated carbocycles. The summed E-state index contributed by atoms with van der Waals surface area (Å²) in [6.45, 7) is 0. The van der Waals surface area contributed by atoms with E-state index < -0.39 is 23.3 Å². The Morgan fingerprint density at radius 2 is 1.67 bits per heavy atom. The maximum Gasteiger partial charge on any atom is 0.330 e. The number of methoxy groups -OCH3 is 1. The van der Waals surface area contributed by atoms with Crippen molar-refractivity contribution in [3.05, 3.63) is 96.2 Å². The van der Waals surface area contributed by atoms with Crippen molar-refractivity contribution in [1.29, 1.82) is 0 Å². The number of hydrogen-bond acceptors (Lipinski definition) is 7. The second-order valence-corrected chi connectivity index (χ2v) is 12.7. The first kappa shape index (κ1) is 32.0. The summed E-state index contributed by atoms with van der Waals surface area (Å²) < 4.78 is 7.80. The summed E-state index contributed by atoms with van der Waals surface area (Å²) >= 11 is 13.9. The number of carbonyl (C=O) groups excluding carboxylic acids is 1. The van der Waals surface area contributed by atoms with E-state index in [0.717, 1.165) is 33.1 Å². The second kappa shape index (κ2) is 13.0. The van der Waals surface area contributed by atoms with Crippen LogP contribution in [0.4, 0.5) is 5.69 Å². The number of carbonyl (C=O) groups is 1. The number of halogens is 2. The van der Waals surface area contributed by atoms with Crippen molar-refractivity contribution in [3.8, 4) is 28.3 Å². The van der Waals surface area contributed by atoms with Crippen LogP contribution in [0.2, 0.25) is 10.0 Å². The number of anilines is 1. The largest absolute Gasteiger partial charge is 0.481 e. The Labute approximate surface area is 276 Å². The molecule has 240 valence electrons. The number of amides is 1. The van der Waals surface area contributed by atoms with Gasteiger partial charge in [0.1, 0.15) is 5.56 Å². The first-order valence-electron chi connectivity index (χ1n) is 15.3. The predicted molar refractivity (Wildman–Crippen MR) is 179 cm³/mol. The number of rotatable bonds is 7. The van der Waals surface area contributed by atoms with Crippen LogP contribution in [-0.2, 0) is 20.5 Å². The monoisotopic (exact) mass is 663 g/mol. The van der Waals surface area contributed by atoms with Crippen LogP contribution in [0.25, 0.3) is 22.4 Å². The van der Waals surface area contributed by atoms with Gasteiger partial charge in [0.2, 0.25) is 5.88 Å². The van der Waals surface area contributed by atoms with Crippen LogP contribution in [0.1, 0.15) is 59.6 Å². The second-order valence-electron chi connectivity index (χ2n) is 11.9. The lowest BCUT2D eigenvalue weighted by Gasteiger charge is -2.29. The van der Waals surface area contributed by atoms with E-state index in [4.69, 9.17) is 32.9 Å². The molecular weight excluding hydrogens is 629 g/mol. The Hall–Kier alpha value is -3.96. The van der Waals surface area contributed by atoms with Crippen molar-refractivity contribution in [2.75, 3.05) is 12.4 Å². The standard InChI is InChI=1S/C34H35Cl2N5O5/c1-40-17-23(33(44)41(2)34(40)45)31(43)38-24-14-8-12-21(29(24)36)20-11-7-13-22(28(20)35)25-15-18-16-26(42)30(27(18)32(39-25)46-3)37-19-9-5-4-6-10-19/h7-8,11-15,17,19,26,30,37,42H,4-6,9-10,16H2,1-3H3,(H,38,43)/t26-,30-/m0/s1. The van der Waals surface area contributed by atoms with E-state index in [2.05, 4.69) is 10.6 Å². The minimum atomic E-state index is -0.718. The Morgan fingerprint density at radius 3 is 2.39 bits per heavy atom. The van der Waals surface area contributed by atoms with Gasteiger partial charge < -0.3 is 25.0 Å². The van der Waals surface area contributed by atoms with Crippen molar-refractivity contribution in [3.63, 3.8) is 0 Å². The highest BCUT2D eigenvalue weighted by atomic mass is 35.5. The molecule has 2 aliphatic rings. The minimum Gasteiger partial charge on any atom is -0.481 e. The highest BCUT2D eigenvalue weighted by Crippen LogP contribution is 2.44. The zero-order valence-electron chi connectivity index (χ0n) is 25.8. The van der Waals surface area contributed by atoms with Crippen LogP contribution in [0.3, 0.4) is 0 Å². The molecule has 0 aliphatic heterocycles. The third-order valence-corrected chi connectivity index (χ3v) is 9.77. The number of fused-ring (bicyclic) bond motifs is 1.